The third-order valence-corrected chi connectivity index (χ3v) is 4.26. The second-order valence-corrected chi connectivity index (χ2v) is 5.82. The Hall–Kier alpha value is -1.43. The van der Waals surface area contributed by atoms with Crippen LogP contribution in [0.15, 0.2) is 23.0 Å². The highest BCUT2D eigenvalue weighted by molar-refractivity contribution is 6.31. The van der Waals surface area contributed by atoms with Crippen molar-refractivity contribution in [1.29, 1.82) is 0 Å². The van der Waals surface area contributed by atoms with Gasteiger partial charge >= 0.3 is 0 Å². The second kappa shape index (κ2) is 6.13. The molecule has 1 fully saturated rings. The van der Waals surface area contributed by atoms with Crippen LogP contribution in [0.5, 0.6) is 0 Å². The van der Waals surface area contributed by atoms with E-state index in [4.69, 9.17) is 11.6 Å². The van der Waals surface area contributed by atoms with Crippen LogP contribution in [0.25, 0.3) is 10.9 Å². The summed E-state index contributed by atoms with van der Waals surface area (Å²) >= 11 is 5.93. The summed E-state index contributed by atoms with van der Waals surface area (Å²) in [4.78, 5) is 21.9. The molecule has 1 aromatic carbocycles. The van der Waals surface area contributed by atoms with E-state index in [0.717, 1.165) is 26.1 Å². The summed E-state index contributed by atoms with van der Waals surface area (Å²) in [6.45, 7) is 5.80. The Labute approximate surface area is 128 Å². The van der Waals surface area contributed by atoms with Gasteiger partial charge in [0.05, 0.1) is 17.4 Å². The Morgan fingerprint density at radius 3 is 3.05 bits per heavy atom. The van der Waals surface area contributed by atoms with Gasteiger partial charge in [0, 0.05) is 17.6 Å². The van der Waals surface area contributed by atoms with Crippen LogP contribution in [0.3, 0.4) is 0 Å². The van der Waals surface area contributed by atoms with E-state index in [2.05, 4.69) is 27.1 Å². The third kappa shape index (κ3) is 3.10. The Kier molecular flexibility index (Phi) is 4.24. The van der Waals surface area contributed by atoms with Crippen LogP contribution in [0.4, 0.5) is 0 Å². The molecular formula is C15H19ClN4O. The lowest BCUT2D eigenvalue weighted by molar-refractivity contribution is 0.205. The van der Waals surface area contributed by atoms with E-state index in [-0.39, 0.29) is 5.56 Å². The SMILES string of the molecule is CCN(Cc1nc2ccc(Cl)cc2c(=O)[nH]1)C1CCNC1. The number of nitrogens with one attached hydrogen (secondary N) is 2. The molecule has 0 aliphatic carbocycles. The summed E-state index contributed by atoms with van der Waals surface area (Å²) < 4.78 is 0. The van der Waals surface area contributed by atoms with E-state index in [1.807, 2.05) is 0 Å². The largest absolute Gasteiger partial charge is 0.315 e. The maximum Gasteiger partial charge on any atom is 0.258 e. The Bertz CT molecular complexity index is 694. The lowest BCUT2D eigenvalue weighted by atomic mass is 10.2. The number of aromatic amines is 1. The van der Waals surface area contributed by atoms with Crippen molar-refractivity contribution < 1.29 is 0 Å². The van der Waals surface area contributed by atoms with Crippen LogP contribution in [0, 0.1) is 0 Å². The van der Waals surface area contributed by atoms with Gasteiger partial charge in [0.1, 0.15) is 5.82 Å². The van der Waals surface area contributed by atoms with Gasteiger partial charge in [-0.25, -0.2) is 4.98 Å². The molecule has 0 bridgehead atoms. The quantitative estimate of drug-likeness (QED) is 0.903. The zero-order valence-corrected chi connectivity index (χ0v) is 12.8. The molecule has 6 heteroatoms. The van der Waals surface area contributed by atoms with Crippen LogP contribution in [-0.2, 0) is 6.54 Å². The highest BCUT2D eigenvalue weighted by Gasteiger charge is 2.21. The van der Waals surface area contributed by atoms with Crippen LogP contribution in [-0.4, -0.2) is 40.5 Å². The third-order valence-electron chi connectivity index (χ3n) is 4.03. The van der Waals surface area contributed by atoms with Crippen LogP contribution < -0.4 is 10.9 Å². The van der Waals surface area contributed by atoms with Crippen molar-refractivity contribution in [1.82, 2.24) is 20.2 Å². The van der Waals surface area contributed by atoms with Crippen molar-refractivity contribution in [2.45, 2.75) is 25.9 Å². The molecule has 3 rings (SSSR count). The zero-order chi connectivity index (χ0) is 14.8. The fraction of sp³-hybridized carbons (Fsp3) is 0.467. The lowest BCUT2D eigenvalue weighted by Crippen LogP contribution is -2.37. The van der Waals surface area contributed by atoms with E-state index in [1.165, 1.54) is 0 Å². The van der Waals surface area contributed by atoms with E-state index < -0.39 is 0 Å². The molecular weight excluding hydrogens is 288 g/mol. The Morgan fingerprint density at radius 1 is 1.48 bits per heavy atom. The molecule has 2 N–H and O–H groups in total. The van der Waals surface area contributed by atoms with Crippen molar-refractivity contribution in [2.75, 3.05) is 19.6 Å². The topological polar surface area (TPSA) is 61.0 Å². The van der Waals surface area contributed by atoms with Gasteiger partial charge in [-0.2, -0.15) is 0 Å². The van der Waals surface area contributed by atoms with Crippen LogP contribution >= 0.6 is 11.6 Å². The average molecular weight is 307 g/mol. The predicted octanol–water partition coefficient (Wildman–Crippen LogP) is 1.76. The van der Waals surface area contributed by atoms with Crippen molar-refractivity contribution >= 4 is 22.5 Å². The smallest absolute Gasteiger partial charge is 0.258 e. The van der Waals surface area contributed by atoms with Gasteiger partial charge in [0.2, 0.25) is 0 Å². The van der Waals surface area contributed by atoms with E-state index in [9.17, 15) is 4.79 Å². The molecule has 5 nitrogen and oxygen atoms in total. The molecule has 1 atom stereocenters. The number of aromatic nitrogens is 2. The first kappa shape index (κ1) is 14.5. The van der Waals surface area contributed by atoms with E-state index in [0.29, 0.717) is 34.3 Å². The minimum absolute atomic E-state index is 0.127. The molecule has 1 saturated heterocycles. The van der Waals surface area contributed by atoms with Gasteiger partial charge in [-0.1, -0.05) is 18.5 Å². The molecule has 0 amide bonds. The summed E-state index contributed by atoms with van der Waals surface area (Å²) in [5, 5.41) is 4.46. The van der Waals surface area contributed by atoms with Crippen LogP contribution in [0.1, 0.15) is 19.2 Å². The van der Waals surface area contributed by atoms with Gasteiger partial charge in [-0.3, -0.25) is 9.69 Å². The van der Waals surface area contributed by atoms with Gasteiger partial charge in [-0.15, -0.1) is 0 Å². The summed E-state index contributed by atoms with van der Waals surface area (Å²) in [6.07, 6.45) is 1.14. The van der Waals surface area contributed by atoms with Gasteiger partial charge in [0.25, 0.3) is 5.56 Å². The molecule has 0 radical (unpaired) electrons. The number of H-pyrrole nitrogens is 1. The number of hydrogen-bond acceptors (Lipinski definition) is 4. The fourth-order valence-electron chi connectivity index (χ4n) is 2.88. The molecule has 0 spiro atoms. The summed E-state index contributed by atoms with van der Waals surface area (Å²) in [5.41, 5.74) is 0.567. The van der Waals surface area contributed by atoms with Gasteiger partial charge in [0.15, 0.2) is 0 Å². The molecule has 1 aliphatic heterocycles. The zero-order valence-electron chi connectivity index (χ0n) is 12.0. The number of likely N-dealkylation sites (N-methyl/N-ethyl adjacent to an activating group) is 1. The second-order valence-electron chi connectivity index (χ2n) is 5.38. The molecule has 0 saturated carbocycles. The molecule has 2 heterocycles. The number of fused-ring (bicyclic) bond motifs is 1. The number of nitrogens with zero attached hydrogens (tertiary/aromatic N) is 2. The fourth-order valence-corrected chi connectivity index (χ4v) is 3.05. The molecule has 1 aliphatic rings. The van der Waals surface area contributed by atoms with Crippen molar-refractivity contribution in [3.63, 3.8) is 0 Å². The first-order chi connectivity index (χ1) is 10.2. The highest BCUT2D eigenvalue weighted by atomic mass is 35.5. The van der Waals surface area contributed by atoms with E-state index >= 15 is 0 Å². The average Bonchev–Trinajstić information content (AvgIpc) is 2.99. The molecule has 1 unspecified atom stereocenters. The lowest BCUT2D eigenvalue weighted by Gasteiger charge is -2.26. The monoisotopic (exact) mass is 306 g/mol. The van der Waals surface area contributed by atoms with Crippen molar-refractivity contribution in [3.8, 4) is 0 Å². The first-order valence-electron chi connectivity index (χ1n) is 7.30. The minimum atomic E-state index is -0.127. The highest BCUT2D eigenvalue weighted by Crippen LogP contribution is 2.16. The summed E-state index contributed by atoms with van der Waals surface area (Å²) in [5.74, 6) is 0.712. The Balaban J connectivity index is 1.89. The van der Waals surface area contributed by atoms with Crippen LogP contribution in [0.2, 0.25) is 5.02 Å². The van der Waals surface area contributed by atoms with Gasteiger partial charge in [-0.05, 0) is 37.7 Å². The number of halogens is 1. The first-order valence-corrected chi connectivity index (χ1v) is 7.68. The maximum atomic E-state index is 12.2. The maximum absolute atomic E-state index is 12.2. The normalized spacial score (nSPS) is 18.7. The van der Waals surface area contributed by atoms with Crippen molar-refractivity contribution in [2.24, 2.45) is 0 Å². The standard InChI is InChI=1S/C15H19ClN4O/c1-2-20(11-5-6-17-8-11)9-14-18-13-4-3-10(16)7-12(13)15(21)19-14/h3-4,7,11,17H,2,5-6,8-9H2,1H3,(H,18,19,21). The molecule has 1 aromatic heterocycles. The van der Waals surface area contributed by atoms with Crippen molar-refractivity contribution in [3.05, 3.63) is 39.4 Å². The summed E-state index contributed by atoms with van der Waals surface area (Å²) in [7, 11) is 0. The molecule has 21 heavy (non-hydrogen) atoms. The number of hydrogen-bond donors (Lipinski definition) is 2. The number of rotatable bonds is 4. The van der Waals surface area contributed by atoms with Gasteiger partial charge < -0.3 is 10.3 Å². The minimum Gasteiger partial charge on any atom is -0.315 e. The number of benzene rings is 1. The van der Waals surface area contributed by atoms with E-state index in [1.54, 1.807) is 18.2 Å². The summed E-state index contributed by atoms with van der Waals surface area (Å²) in [6, 6.07) is 5.73. The molecule has 112 valence electrons. The predicted molar refractivity (Wildman–Crippen MR) is 84.7 cm³/mol. The Morgan fingerprint density at radius 2 is 2.33 bits per heavy atom. The molecule has 2 aromatic rings.